The Hall–Kier alpha value is -2.97. The Morgan fingerprint density at radius 3 is 2.71 bits per heavy atom. The molecule has 2 aromatic heterocycles. The van der Waals surface area contributed by atoms with Crippen LogP contribution in [0.5, 0.6) is 0 Å². The van der Waals surface area contributed by atoms with Crippen molar-refractivity contribution in [2.45, 2.75) is 10.8 Å². The lowest BCUT2D eigenvalue weighted by Crippen LogP contribution is -2.39. The molecule has 0 radical (unpaired) electrons. The molecule has 142 valence electrons. The molecule has 0 unspecified atom stereocenters. The van der Waals surface area contributed by atoms with Crippen molar-refractivity contribution in [2.24, 2.45) is 0 Å². The first-order valence-corrected chi connectivity index (χ1v) is 10.2. The van der Waals surface area contributed by atoms with Gasteiger partial charge in [-0.2, -0.15) is 0 Å². The van der Waals surface area contributed by atoms with Crippen LogP contribution in [-0.2, 0) is 10.0 Å². The molecule has 1 aliphatic heterocycles. The highest BCUT2D eigenvalue weighted by Crippen LogP contribution is 2.29. The summed E-state index contributed by atoms with van der Waals surface area (Å²) in [5.74, 6) is -0.101. The van der Waals surface area contributed by atoms with E-state index in [-0.39, 0.29) is 16.2 Å². The van der Waals surface area contributed by atoms with Crippen molar-refractivity contribution in [3.63, 3.8) is 0 Å². The first kappa shape index (κ1) is 17.2. The van der Waals surface area contributed by atoms with Crippen molar-refractivity contribution in [1.29, 1.82) is 0 Å². The third kappa shape index (κ3) is 2.64. The smallest absolute Gasteiger partial charge is 0.268 e. The van der Waals surface area contributed by atoms with Gasteiger partial charge < -0.3 is 9.73 Å². The number of aromatic nitrogens is 2. The molecule has 0 bridgehead atoms. The van der Waals surface area contributed by atoms with Crippen LogP contribution in [0.2, 0.25) is 0 Å². The molecular formula is C20H16FN3O3S. The van der Waals surface area contributed by atoms with Gasteiger partial charge in [-0.15, -0.1) is 0 Å². The number of hydrogen-bond acceptors (Lipinski definition) is 5. The van der Waals surface area contributed by atoms with Gasteiger partial charge in [-0.1, -0.05) is 6.07 Å². The predicted octanol–water partition coefficient (Wildman–Crippen LogP) is 3.36. The van der Waals surface area contributed by atoms with Crippen LogP contribution in [0.15, 0.2) is 70.6 Å². The SMILES string of the molecule is O=S(=O)(c1ccc(F)c(-c2cocn2)c1)n1ccc2cc(C3CNC3)ccc21. The highest BCUT2D eigenvalue weighted by atomic mass is 32.2. The van der Waals surface area contributed by atoms with Crippen LogP contribution in [0.3, 0.4) is 0 Å². The minimum absolute atomic E-state index is 0.0170. The Balaban J connectivity index is 1.60. The lowest BCUT2D eigenvalue weighted by atomic mass is 9.93. The molecule has 0 aliphatic carbocycles. The fraction of sp³-hybridized carbons (Fsp3) is 0.150. The normalized spacial score (nSPS) is 15.0. The Labute approximate surface area is 160 Å². The van der Waals surface area contributed by atoms with Crippen LogP contribution in [0.4, 0.5) is 4.39 Å². The summed E-state index contributed by atoms with van der Waals surface area (Å²) in [7, 11) is -3.90. The second-order valence-electron chi connectivity index (χ2n) is 6.81. The van der Waals surface area contributed by atoms with Crippen LogP contribution < -0.4 is 5.32 Å². The van der Waals surface area contributed by atoms with Crippen LogP contribution in [0.25, 0.3) is 22.2 Å². The zero-order valence-electron chi connectivity index (χ0n) is 14.7. The fourth-order valence-corrected chi connectivity index (χ4v) is 4.82. The maximum Gasteiger partial charge on any atom is 0.268 e. The fourth-order valence-electron chi connectivity index (χ4n) is 3.44. The summed E-state index contributed by atoms with van der Waals surface area (Å²) in [4.78, 5) is 3.89. The summed E-state index contributed by atoms with van der Waals surface area (Å²) in [6, 6.07) is 11.3. The number of nitrogens with zero attached hydrogens (tertiary/aromatic N) is 2. The number of benzene rings is 2. The standard InChI is InChI=1S/C20H16FN3O3S/c21-18-3-2-16(8-17(18)19-11-27-12-23-19)28(25,26)24-6-5-14-7-13(1-4-20(14)24)15-9-22-10-15/h1-8,11-12,15,22H,9-10H2. The third-order valence-electron chi connectivity index (χ3n) is 5.13. The molecule has 6 nitrogen and oxygen atoms in total. The summed E-state index contributed by atoms with van der Waals surface area (Å²) in [6.45, 7) is 1.87. The van der Waals surface area contributed by atoms with Crippen LogP contribution in [-0.4, -0.2) is 30.5 Å². The highest BCUT2D eigenvalue weighted by molar-refractivity contribution is 7.90. The summed E-state index contributed by atoms with van der Waals surface area (Å²) < 4.78 is 46.7. The average molecular weight is 397 g/mol. The number of hydrogen-bond donors (Lipinski definition) is 1. The summed E-state index contributed by atoms with van der Waals surface area (Å²) in [5, 5.41) is 4.09. The van der Waals surface area contributed by atoms with E-state index < -0.39 is 15.8 Å². The molecule has 0 spiro atoms. The van der Waals surface area contributed by atoms with E-state index in [9.17, 15) is 12.8 Å². The molecule has 1 aliphatic rings. The van der Waals surface area contributed by atoms with Gasteiger partial charge in [-0.3, -0.25) is 0 Å². The molecule has 0 saturated carbocycles. The maximum atomic E-state index is 14.2. The van der Waals surface area contributed by atoms with Crippen molar-refractivity contribution in [3.05, 3.63) is 72.7 Å². The zero-order chi connectivity index (χ0) is 19.3. The second kappa shape index (κ2) is 6.29. The summed E-state index contributed by atoms with van der Waals surface area (Å²) in [5.41, 5.74) is 2.09. The van der Waals surface area contributed by atoms with Gasteiger partial charge >= 0.3 is 0 Å². The van der Waals surface area contributed by atoms with Crippen molar-refractivity contribution in [1.82, 2.24) is 14.3 Å². The van der Waals surface area contributed by atoms with E-state index in [0.29, 0.717) is 11.4 Å². The first-order valence-electron chi connectivity index (χ1n) is 8.79. The topological polar surface area (TPSA) is 77.1 Å². The van der Waals surface area contributed by atoms with Gasteiger partial charge in [0.05, 0.1) is 10.4 Å². The van der Waals surface area contributed by atoms with Gasteiger partial charge in [-0.25, -0.2) is 21.8 Å². The number of rotatable bonds is 4. The average Bonchev–Trinajstić information content (AvgIpc) is 3.30. The Morgan fingerprint density at radius 2 is 2.00 bits per heavy atom. The Bertz CT molecular complexity index is 1280. The van der Waals surface area contributed by atoms with E-state index in [0.717, 1.165) is 24.5 Å². The van der Waals surface area contributed by atoms with Gasteiger partial charge in [0.1, 0.15) is 17.8 Å². The van der Waals surface area contributed by atoms with Crippen LogP contribution >= 0.6 is 0 Å². The number of fused-ring (bicyclic) bond motifs is 1. The molecule has 2 aromatic carbocycles. The van der Waals surface area contributed by atoms with Gasteiger partial charge in [-0.05, 0) is 42.0 Å². The minimum Gasteiger partial charge on any atom is -0.451 e. The quantitative estimate of drug-likeness (QED) is 0.571. The number of nitrogens with one attached hydrogen (secondary N) is 1. The van der Waals surface area contributed by atoms with Crippen LogP contribution in [0.1, 0.15) is 11.5 Å². The predicted molar refractivity (Wildman–Crippen MR) is 102 cm³/mol. The largest absolute Gasteiger partial charge is 0.451 e. The molecule has 4 aromatic rings. The van der Waals surface area contributed by atoms with E-state index >= 15 is 0 Å². The molecule has 3 heterocycles. The van der Waals surface area contributed by atoms with E-state index in [1.54, 1.807) is 6.07 Å². The van der Waals surface area contributed by atoms with Gasteiger partial charge in [0.2, 0.25) is 0 Å². The summed E-state index contributed by atoms with van der Waals surface area (Å²) >= 11 is 0. The lowest BCUT2D eigenvalue weighted by Gasteiger charge is -2.27. The Kier molecular flexibility index (Phi) is 3.85. The van der Waals surface area contributed by atoms with Crippen molar-refractivity contribution in [2.75, 3.05) is 13.1 Å². The van der Waals surface area contributed by atoms with Gasteiger partial charge in [0.25, 0.3) is 10.0 Å². The molecule has 1 N–H and O–H groups in total. The lowest BCUT2D eigenvalue weighted by molar-refractivity contribution is 0.449. The third-order valence-corrected chi connectivity index (χ3v) is 6.82. The van der Waals surface area contributed by atoms with E-state index in [4.69, 9.17) is 4.42 Å². The van der Waals surface area contributed by atoms with E-state index in [1.807, 2.05) is 18.2 Å². The van der Waals surface area contributed by atoms with Gasteiger partial charge in [0.15, 0.2) is 6.39 Å². The monoisotopic (exact) mass is 397 g/mol. The van der Waals surface area contributed by atoms with Crippen molar-refractivity contribution in [3.8, 4) is 11.3 Å². The number of oxazole rings is 1. The zero-order valence-corrected chi connectivity index (χ0v) is 15.5. The summed E-state index contributed by atoms with van der Waals surface area (Å²) in [6.07, 6.45) is 3.98. The second-order valence-corrected chi connectivity index (χ2v) is 8.62. The van der Waals surface area contributed by atoms with Crippen LogP contribution in [0, 0.1) is 5.82 Å². The highest BCUT2D eigenvalue weighted by Gasteiger charge is 2.23. The minimum atomic E-state index is -3.90. The maximum absolute atomic E-state index is 14.2. The molecule has 1 fully saturated rings. The molecule has 1 saturated heterocycles. The van der Waals surface area contributed by atoms with E-state index in [1.165, 1.54) is 40.5 Å². The Morgan fingerprint density at radius 1 is 1.14 bits per heavy atom. The van der Waals surface area contributed by atoms with E-state index in [2.05, 4.69) is 10.3 Å². The molecule has 0 atom stereocenters. The molecular weight excluding hydrogens is 381 g/mol. The van der Waals surface area contributed by atoms with Gasteiger partial charge in [0, 0.05) is 36.2 Å². The van der Waals surface area contributed by atoms with Crippen molar-refractivity contribution >= 4 is 20.9 Å². The molecule has 0 amide bonds. The van der Waals surface area contributed by atoms with Crippen molar-refractivity contribution < 1.29 is 17.2 Å². The molecule has 28 heavy (non-hydrogen) atoms. The molecule has 5 rings (SSSR count). The molecule has 8 heteroatoms. The number of halogens is 1. The first-order chi connectivity index (χ1) is 13.5.